The maximum absolute atomic E-state index is 13.4. The van der Waals surface area contributed by atoms with E-state index in [2.05, 4.69) is 5.32 Å². The van der Waals surface area contributed by atoms with Crippen LogP contribution in [0, 0.1) is 0 Å². The van der Waals surface area contributed by atoms with Crippen molar-refractivity contribution in [2.75, 3.05) is 7.11 Å². The Morgan fingerprint density at radius 3 is 2.43 bits per heavy atom. The Morgan fingerprint density at radius 1 is 1.07 bits per heavy atom. The van der Waals surface area contributed by atoms with E-state index in [1.807, 2.05) is 43.3 Å². The molecule has 0 radical (unpaired) electrons. The number of carbonyl (C=O) groups excluding carboxylic acids is 2. The lowest BCUT2D eigenvalue weighted by molar-refractivity contribution is -0.136. The third-order valence-corrected chi connectivity index (χ3v) is 6.38. The molecular formula is C24H21Cl2NO3. The number of nitrogens with one attached hydrogen (secondary N) is 1. The van der Waals surface area contributed by atoms with E-state index in [4.69, 9.17) is 27.9 Å². The fourth-order valence-corrected chi connectivity index (χ4v) is 4.85. The number of methoxy groups -OCH3 is 1. The molecule has 1 heterocycles. The van der Waals surface area contributed by atoms with Crippen molar-refractivity contribution >= 4 is 35.0 Å². The van der Waals surface area contributed by atoms with Gasteiger partial charge in [-0.1, -0.05) is 53.5 Å². The van der Waals surface area contributed by atoms with Crippen molar-refractivity contribution in [2.24, 2.45) is 0 Å². The monoisotopic (exact) mass is 441 g/mol. The van der Waals surface area contributed by atoms with Gasteiger partial charge >= 0.3 is 5.97 Å². The zero-order valence-corrected chi connectivity index (χ0v) is 18.2. The van der Waals surface area contributed by atoms with Crippen molar-refractivity contribution in [3.8, 4) is 0 Å². The van der Waals surface area contributed by atoms with E-state index in [0.717, 1.165) is 16.8 Å². The number of halogens is 2. The number of ketones is 1. The molecule has 0 spiro atoms. The summed E-state index contributed by atoms with van der Waals surface area (Å²) in [6, 6.07) is 14.9. The summed E-state index contributed by atoms with van der Waals surface area (Å²) in [5.41, 5.74) is 4.38. The van der Waals surface area contributed by atoms with E-state index in [1.54, 1.807) is 12.1 Å². The number of hydrogen-bond donors (Lipinski definition) is 1. The van der Waals surface area contributed by atoms with Crippen molar-refractivity contribution < 1.29 is 14.3 Å². The molecule has 1 aliphatic carbocycles. The molecule has 30 heavy (non-hydrogen) atoms. The molecule has 0 fully saturated rings. The van der Waals surface area contributed by atoms with E-state index >= 15 is 0 Å². The molecule has 0 bridgehead atoms. The molecule has 2 aromatic rings. The molecule has 154 valence electrons. The minimum Gasteiger partial charge on any atom is -0.466 e. The number of hydrogen-bond acceptors (Lipinski definition) is 4. The zero-order valence-electron chi connectivity index (χ0n) is 16.7. The first-order valence-electron chi connectivity index (χ1n) is 9.73. The van der Waals surface area contributed by atoms with Gasteiger partial charge in [0.15, 0.2) is 5.78 Å². The number of allylic oxidation sites excluding steroid dienone is 3. The van der Waals surface area contributed by atoms with Gasteiger partial charge in [-0.25, -0.2) is 4.79 Å². The van der Waals surface area contributed by atoms with Gasteiger partial charge < -0.3 is 10.1 Å². The Kier molecular flexibility index (Phi) is 5.72. The highest BCUT2D eigenvalue weighted by atomic mass is 35.5. The molecule has 1 N–H and O–H groups in total. The molecule has 0 saturated carbocycles. The minimum atomic E-state index is -0.495. The Hall–Kier alpha value is -2.56. The van der Waals surface area contributed by atoms with Crippen LogP contribution in [0.25, 0.3) is 0 Å². The number of carbonyl (C=O) groups is 2. The van der Waals surface area contributed by atoms with E-state index in [0.29, 0.717) is 39.7 Å². The van der Waals surface area contributed by atoms with Crippen LogP contribution in [-0.2, 0) is 14.3 Å². The van der Waals surface area contributed by atoms with Crippen LogP contribution in [0.5, 0.6) is 0 Å². The molecule has 0 aromatic heterocycles. The Bertz CT molecular complexity index is 1090. The second-order valence-corrected chi connectivity index (χ2v) is 8.43. The maximum Gasteiger partial charge on any atom is 0.336 e. The van der Waals surface area contributed by atoms with Gasteiger partial charge in [-0.05, 0) is 48.6 Å². The first-order valence-corrected chi connectivity index (χ1v) is 10.5. The summed E-state index contributed by atoms with van der Waals surface area (Å²) in [7, 11) is 1.35. The SMILES string of the molecule is COC(=O)C1=C(C)NC2=C(C(=O)C[C@H](c3ccccc3Cl)C2)[C@H]1c1ccc(Cl)cc1. The normalized spacial score (nSPS) is 21.3. The van der Waals surface area contributed by atoms with Gasteiger partial charge in [-0.3, -0.25) is 4.79 Å². The lowest BCUT2D eigenvalue weighted by Gasteiger charge is -2.36. The van der Waals surface area contributed by atoms with E-state index < -0.39 is 11.9 Å². The maximum atomic E-state index is 13.4. The molecular weight excluding hydrogens is 421 g/mol. The summed E-state index contributed by atoms with van der Waals surface area (Å²) in [5.74, 6) is -0.962. The van der Waals surface area contributed by atoms with E-state index in [9.17, 15) is 9.59 Å². The smallest absolute Gasteiger partial charge is 0.336 e. The van der Waals surface area contributed by atoms with E-state index in [1.165, 1.54) is 7.11 Å². The highest BCUT2D eigenvalue weighted by molar-refractivity contribution is 6.31. The molecule has 2 aromatic carbocycles. The fourth-order valence-electron chi connectivity index (χ4n) is 4.43. The van der Waals surface area contributed by atoms with Gasteiger partial charge in [0.05, 0.1) is 12.7 Å². The lowest BCUT2D eigenvalue weighted by Crippen LogP contribution is -2.36. The number of rotatable bonds is 3. The standard InChI is InChI=1S/C24H21Cl2NO3/c1-13-21(24(29)30-2)22(14-7-9-16(25)10-8-14)23-19(27-13)11-15(12-20(23)28)17-5-3-4-6-18(17)26/h3-10,15,22,27H,11-12H2,1-2H3/t15-,22+/m1/s1. The number of Topliss-reactive ketones (excluding diaryl/α,β-unsaturated/α-hetero) is 1. The van der Waals surface area contributed by atoms with Gasteiger partial charge in [0.1, 0.15) is 0 Å². The van der Waals surface area contributed by atoms with Crippen molar-refractivity contribution in [1.29, 1.82) is 0 Å². The molecule has 0 unspecified atom stereocenters. The van der Waals surface area contributed by atoms with Gasteiger partial charge in [0.2, 0.25) is 0 Å². The molecule has 1 aliphatic heterocycles. The highest BCUT2D eigenvalue weighted by Crippen LogP contribution is 2.46. The number of esters is 1. The summed E-state index contributed by atoms with van der Waals surface area (Å²) < 4.78 is 5.04. The summed E-state index contributed by atoms with van der Waals surface area (Å²) in [5, 5.41) is 4.57. The lowest BCUT2D eigenvalue weighted by atomic mass is 9.72. The van der Waals surface area contributed by atoms with Crippen LogP contribution < -0.4 is 5.32 Å². The molecule has 0 saturated heterocycles. The van der Waals surface area contributed by atoms with Crippen LogP contribution in [0.2, 0.25) is 10.0 Å². The zero-order chi connectivity index (χ0) is 21.4. The second kappa shape index (κ2) is 8.29. The van der Waals surface area contributed by atoms with Crippen molar-refractivity contribution in [3.63, 3.8) is 0 Å². The quantitative estimate of drug-likeness (QED) is 0.636. The molecule has 4 nitrogen and oxygen atoms in total. The first kappa shape index (κ1) is 20.7. The Balaban J connectivity index is 1.82. The largest absolute Gasteiger partial charge is 0.466 e. The summed E-state index contributed by atoms with van der Waals surface area (Å²) >= 11 is 12.5. The fraction of sp³-hybridized carbons (Fsp3) is 0.250. The summed E-state index contributed by atoms with van der Waals surface area (Å²) in [6.07, 6.45) is 0.975. The number of ether oxygens (including phenoxy) is 1. The molecule has 2 atom stereocenters. The average molecular weight is 442 g/mol. The minimum absolute atomic E-state index is 0.00234. The number of benzene rings is 2. The van der Waals surface area contributed by atoms with Gasteiger partial charge in [-0.2, -0.15) is 0 Å². The van der Waals surface area contributed by atoms with E-state index in [-0.39, 0.29) is 11.7 Å². The van der Waals surface area contributed by atoms with Gasteiger partial charge in [0, 0.05) is 39.4 Å². The molecule has 4 rings (SSSR count). The van der Waals surface area contributed by atoms with Crippen LogP contribution in [0.1, 0.15) is 42.7 Å². The van der Waals surface area contributed by atoms with Crippen LogP contribution in [0.15, 0.2) is 71.1 Å². The van der Waals surface area contributed by atoms with Crippen LogP contribution in [0.3, 0.4) is 0 Å². The summed E-state index contributed by atoms with van der Waals surface area (Å²) in [4.78, 5) is 26.0. The Labute approximate surface area is 185 Å². The third kappa shape index (κ3) is 3.66. The van der Waals surface area contributed by atoms with Crippen LogP contribution in [0.4, 0.5) is 0 Å². The van der Waals surface area contributed by atoms with Crippen molar-refractivity contribution in [1.82, 2.24) is 5.32 Å². The predicted molar refractivity (Wildman–Crippen MR) is 118 cm³/mol. The van der Waals surface area contributed by atoms with Crippen LogP contribution >= 0.6 is 23.2 Å². The average Bonchev–Trinajstić information content (AvgIpc) is 2.73. The van der Waals surface area contributed by atoms with Gasteiger partial charge in [0.25, 0.3) is 0 Å². The topological polar surface area (TPSA) is 55.4 Å². The predicted octanol–water partition coefficient (Wildman–Crippen LogP) is 5.53. The Morgan fingerprint density at radius 2 is 1.77 bits per heavy atom. The number of dihydropyridines is 1. The third-order valence-electron chi connectivity index (χ3n) is 5.78. The summed E-state index contributed by atoms with van der Waals surface area (Å²) in [6.45, 7) is 1.84. The molecule has 6 heteroatoms. The van der Waals surface area contributed by atoms with Crippen molar-refractivity contribution in [2.45, 2.75) is 31.6 Å². The first-order chi connectivity index (χ1) is 14.4. The highest BCUT2D eigenvalue weighted by Gasteiger charge is 2.41. The second-order valence-electron chi connectivity index (χ2n) is 7.58. The molecule has 2 aliphatic rings. The molecule has 0 amide bonds. The van der Waals surface area contributed by atoms with Gasteiger partial charge in [-0.15, -0.1) is 0 Å². The van der Waals surface area contributed by atoms with Crippen LogP contribution in [-0.4, -0.2) is 18.9 Å². The van der Waals surface area contributed by atoms with Crippen molar-refractivity contribution in [3.05, 3.63) is 92.2 Å².